The van der Waals surface area contributed by atoms with E-state index < -0.39 is 0 Å². The zero-order valence-corrected chi connectivity index (χ0v) is 13.3. The van der Waals surface area contributed by atoms with Crippen molar-refractivity contribution in [3.8, 4) is 28.6 Å². The molecule has 5 heteroatoms. The van der Waals surface area contributed by atoms with Crippen LogP contribution in [0.2, 0.25) is 0 Å². The van der Waals surface area contributed by atoms with Crippen molar-refractivity contribution in [2.75, 3.05) is 5.32 Å². The molecule has 0 aliphatic heterocycles. The van der Waals surface area contributed by atoms with Gasteiger partial charge in [-0.1, -0.05) is 23.4 Å². The van der Waals surface area contributed by atoms with Gasteiger partial charge in [0, 0.05) is 22.5 Å². The van der Waals surface area contributed by atoms with Crippen LogP contribution in [0.5, 0.6) is 5.75 Å². The van der Waals surface area contributed by atoms with Crippen molar-refractivity contribution in [1.29, 1.82) is 0 Å². The molecule has 0 fully saturated rings. The fourth-order valence-electron chi connectivity index (χ4n) is 2.45. The third kappa shape index (κ3) is 3.35. The Morgan fingerprint density at radius 2 is 1.36 bits per heavy atom. The molecule has 1 heterocycles. The lowest BCUT2D eigenvalue weighted by Gasteiger charge is -2.06. The number of hydrogen-bond donors (Lipinski definition) is 2. The molecule has 0 radical (unpaired) electrons. The highest BCUT2D eigenvalue weighted by atomic mass is 16.5. The summed E-state index contributed by atoms with van der Waals surface area (Å²) < 4.78 is 5.31. The van der Waals surface area contributed by atoms with E-state index in [1.54, 1.807) is 24.3 Å². The number of aromatic nitrogens is 2. The number of aromatic hydroxyl groups is 1. The maximum atomic E-state index is 9.35. The second kappa shape index (κ2) is 6.49. The van der Waals surface area contributed by atoms with Gasteiger partial charge in [-0.15, -0.1) is 0 Å². The smallest absolute Gasteiger partial charge is 0.258 e. The van der Waals surface area contributed by atoms with Gasteiger partial charge in [-0.2, -0.15) is 4.98 Å². The van der Waals surface area contributed by atoms with E-state index in [0.717, 1.165) is 22.5 Å². The summed E-state index contributed by atoms with van der Waals surface area (Å²) in [7, 11) is 0. The van der Waals surface area contributed by atoms with Crippen molar-refractivity contribution < 1.29 is 9.63 Å². The van der Waals surface area contributed by atoms with Gasteiger partial charge in [0.05, 0.1) is 0 Å². The Bertz CT molecular complexity index is 962. The van der Waals surface area contributed by atoms with E-state index in [1.807, 2.05) is 54.6 Å². The highest BCUT2D eigenvalue weighted by Gasteiger charge is 2.10. The van der Waals surface area contributed by atoms with Gasteiger partial charge in [0.15, 0.2) is 0 Å². The minimum Gasteiger partial charge on any atom is -0.508 e. The number of benzene rings is 3. The van der Waals surface area contributed by atoms with Crippen LogP contribution >= 0.6 is 0 Å². The number of nitrogens with one attached hydrogen (secondary N) is 1. The maximum Gasteiger partial charge on any atom is 0.258 e. The van der Waals surface area contributed by atoms with E-state index in [0.29, 0.717) is 11.7 Å². The van der Waals surface area contributed by atoms with Gasteiger partial charge in [0.2, 0.25) is 5.82 Å². The van der Waals surface area contributed by atoms with Crippen LogP contribution in [0.25, 0.3) is 22.8 Å². The molecular weight excluding hydrogens is 314 g/mol. The summed E-state index contributed by atoms with van der Waals surface area (Å²) in [6.07, 6.45) is 0. The number of nitrogens with zero attached hydrogens (tertiary/aromatic N) is 2. The van der Waals surface area contributed by atoms with E-state index in [1.165, 1.54) is 0 Å². The molecule has 4 rings (SSSR count). The SMILES string of the molecule is Oc1ccc(-c2nc(-c3ccc(Nc4ccccc4)cc3)no2)cc1. The summed E-state index contributed by atoms with van der Waals surface area (Å²) in [4.78, 5) is 4.41. The third-order valence-corrected chi connectivity index (χ3v) is 3.75. The molecule has 2 N–H and O–H groups in total. The summed E-state index contributed by atoms with van der Waals surface area (Å²) >= 11 is 0. The molecule has 0 unspecified atom stereocenters. The van der Waals surface area contributed by atoms with Crippen molar-refractivity contribution in [3.63, 3.8) is 0 Å². The molecule has 122 valence electrons. The molecular formula is C20H15N3O2. The van der Waals surface area contributed by atoms with Crippen molar-refractivity contribution in [2.45, 2.75) is 0 Å². The van der Waals surface area contributed by atoms with Crippen LogP contribution in [0.1, 0.15) is 0 Å². The zero-order chi connectivity index (χ0) is 17.1. The third-order valence-electron chi connectivity index (χ3n) is 3.75. The Morgan fingerprint density at radius 3 is 2.08 bits per heavy atom. The van der Waals surface area contributed by atoms with Gasteiger partial charge < -0.3 is 14.9 Å². The first-order valence-electron chi connectivity index (χ1n) is 7.83. The molecule has 3 aromatic carbocycles. The fourth-order valence-corrected chi connectivity index (χ4v) is 2.45. The second-order valence-electron chi connectivity index (χ2n) is 5.54. The molecule has 5 nitrogen and oxygen atoms in total. The summed E-state index contributed by atoms with van der Waals surface area (Å²) in [6, 6.07) is 24.4. The lowest BCUT2D eigenvalue weighted by molar-refractivity contribution is 0.432. The molecule has 0 saturated heterocycles. The van der Waals surface area contributed by atoms with Crippen LogP contribution in [-0.4, -0.2) is 15.2 Å². The first kappa shape index (κ1) is 15.0. The molecule has 25 heavy (non-hydrogen) atoms. The normalized spacial score (nSPS) is 10.6. The highest BCUT2D eigenvalue weighted by molar-refractivity contribution is 5.65. The molecule has 0 amide bonds. The van der Waals surface area contributed by atoms with Crippen LogP contribution in [0, 0.1) is 0 Å². The summed E-state index contributed by atoms with van der Waals surface area (Å²) in [5.74, 6) is 1.14. The fraction of sp³-hybridized carbons (Fsp3) is 0. The molecule has 0 aliphatic carbocycles. The van der Waals surface area contributed by atoms with Crippen LogP contribution in [0.4, 0.5) is 11.4 Å². The van der Waals surface area contributed by atoms with Gasteiger partial charge in [0.25, 0.3) is 5.89 Å². The van der Waals surface area contributed by atoms with Crippen molar-refractivity contribution in [2.24, 2.45) is 0 Å². The number of hydrogen-bond acceptors (Lipinski definition) is 5. The zero-order valence-electron chi connectivity index (χ0n) is 13.3. The van der Waals surface area contributed by atoms with E-state index in [9.17, 15) is 5.11 Å². The average molecular weight is 329 g/mol. The van der Waals surface area contributed by atoms with Crippen molar-refractivity contribution in [3.05, 3.63) is 78.9 Å². The van der Waals surface area contributed by atoms with E-state index in [4.69, 9.17) is 4.52 Å². The van der Waals surface area contributed by atoms with Gasteiger partial charge >= 0.3 is 0 Å². The highest BCUT2D eigenvalue weighted by Crippen LogP contribution is 2.25. The number of rotatable bonds is 4. The molecule has 0 spiro atoms. The first-order valence-corrected chi connectivity index (χ1v) is 7.83. The van der Waals surface area contributed by atoms with E-state index in [2.05, 4.69) is 15.5 Å². The Kier molecular flexibility index (Phi) is 3.88. The molecule has 0 atom stereocenters. The average Bonchev–Trinajstić information content (AvgIpc) is 3.14. The molecule has 0 bridgehead atoms. The van der Waals surface area contributed by atoms with Crippen LogP contribution < -0.4 is 5.32 Å². The van der Waals surface area contributed by atoms with Crippen molar-refractivity contribution in [1.82, 2.24) is 10.1 Å². The maximum absolute atomic E-state index is 9.35. The minimum atomic E-state index is 0.199. The van der Waals surface area contributed by atoms with Gasteiger partial charge in [-0.3, -0.25) is 0 Å². The van der Waals surface area contributed by atoms with Gasteiger partial charge in [-0.25, -0.2) is 0 Å². The summed E-state index contributed by atoms with van der Waals surface area (Å²) in [5, 5.41) is 16.7. The topological polar surface area (TPSA) is 71.2 Å². The lowest BCUT2D eigenvalue weighted by atomic mass is 10.2. The molecule has 4 aromatic rings. The van der Waals surface area contributed by atoms with Crippen LogP contribution in [0.15, 0.2) is 83.4 Å². The first-order chi connectivity index (χ1) is 12.3. The standard InChI is InChI=1S/C20H15N3O2/c24-18-12-8-15(9-13-18)20-22-19(23-25-20)14-6-10-17(11-7-14)21-16-4-2-1-3-5-16/h1-13,21,24H. The van der Waals surface area contributed by atoms with Crippen molar-refractivity contribution >= 4 is 11.4 Å². The summed E-state index contributed by atoms with van der Waals surface area (Å²) in [5.41, 5.74) is 3.65. The Morgan fingerprint density at radius 1 is 0.720 bits per heavy atom. The number of phenolic OH excluding ortho intramolecular Hbond substituents is 1. The van der Waals surface area contributed by atoms with Crippen LogP contribution in [0.3, 0.4) is 0 Å². The Balaban J connectivity index is 1.53. The lowest BCUT2D eigenvalue weighted by Crippen LogP contribution is -1.89. The van der Waals surface area contributed by atoms with Gasteiger partial charge in [-0.05, 0) is 60.7 Å². The molecule has 1 aromatic heterocycles. The second-order valence-corrected chi connectivity index (χ2v) is 5.54. The largest absolute Gasteiger partial charge is 0.508 e. The van der Waals surface area contributed by atoms with E-state index >= 15 is 0 Å². The molecule has 0 aliphatic rings. The van der Waals surface area contributed by atoms with E-state index in [-0.39, 0.29) is 5.75 Å². The predicted molar refractivity (Wildman–Crippen MR) is 96.6 cm³/mol. The minimum absolute atomic E-state index is 0.199. The monoisotopic (exact) mass is 329 g/mol. The predicted octanol–water partition coefficient (Wildman–Crippen LogP) is 4.85. The van der Waals surface area contributed by atoms with Crippen LogP contribution in [-0.2, 0) is 0 Å². The molecule has 0 saturated carbocycles. The number of phenols is 1. The van der Waals surface area contributed by atoms with Gasteiger partial charge in [0.1, 0.15) is 5.75 Å². The quantitative estimate of drug-likeness (QED) is 0.560. The number of para-hydroxylation sites is 1. The Hall–Kier alpha value is -3.60. The summed E-state index contributed by atoms with van der Waals surface area (Å²) in [6.45, 7) is 0. The number of anilines is 2. The Labute approximate surface area is 144 Å².